The number of thiazole rings is 1. The number of carbonyl (C=O) groups is 2. The zero-order chi connectivity index (χ0) is 22.4. The van der Waals surface area contributed by atoms with Gasteiger partial charge in [-0.3, -0.25) is 9.59 Å². The molecule has 2 aromatic carbocycles. The number of rotatable bonds is 8. The number of carbonyl (C=O) groups excluding carboxylic acids is 2. The molecule has 31 heavy (non-hydrogen) atoms. The molecule has 1 N–H and O–H groups in total. The molecule has 0 saturated carbocycles. The van der Waals surface area contributed by atoms with Crippen LogP contribution in [0.5, 0.6) is 5.75 Å². The van der Waals surface area contributed by atoms with E-state index in [1.165, 1.54) is 16.2 Å². The molecule has 0 aliphatic rings. The zero-order valence-corrected chi connectivity index (χ0v) is 19.1. The monoisotopic (exact) mass is 437 g/mol. The molecule has 0 radical (unpaired) electrons. The summed E-state index contributed by atoms with van der Waals surface area (Å²) in [6, 6.07) is 13.6. The molecule has 0 saturated heterocycles. The third-order valence-corrected chi connectivity index (χ3v) is 5.78. The van der Waals surface area contributed by atoms with E-state index in [0.717, 1.165) is 33.1 Å². The summed E-state index contributed by atoms with van der Waals surface area (Å²) >= 11 is 1.47. The lowest BCUT2D eigenvalue weighted by molar-refractivity contribution is -0.132. The molecule has 6 nitrogen and oxygen atoms in total. The highest BCUT2D eigenvalue weighted by Crippen LogP contribution is 2.32. The molecule has 0 unspecified atom stereocenters. The van der Waals surface area contributed by atoms with E-state index >= 15 is 0 Å². The summed E-state index contributed by atoms with van der Waals surface area (Å²) in [7, 11) is 1.63. The van der Waals surface area contributed by atoms with Crippen molar-refractivity contribution >= 4 is 28.8 Å². The highest BCUT2D eigenvalue weighted by Gasteiger charge is 2.17. The van der Waals surface area contributed by atoms with Crippen LogP contribution in [0.1, 0.15) is 23.7 Å². The second-order valence-electron chi connectivity index (χ2n) is 7.31. The Kier molecular flexibility index (Phi) is 7.41. The van der Waals surface area contributed by atoms with Crippen molar-refractivity contribution in [1.29, 1.82) is 0 Å². The van der Waals surface area contributed by atoms with E-state index in [9.17, 15) is 9.59 Å². The highest BCUT2D eigenvalue weighted by atomic mass is 32.1. The van der Waals surface area contributed by atoms with Gasteiger partial charge in [0, 0.05) is 18.1 Å². The van der Waals surface area contributed by atoms with Gasteiger partial charge >= 0.3 is 0 Å². The first kappa shape index (κ1) is 22.5. The molecule has 0 atom stereocenters. The van der Waals surface area contributed by atoms with E-state index in [2.05, 4.69) is 10.3 Å². The van der Waals surface area contributed by atoms with E-state index in [-0.39, 0.29) is 24.8 Å². The smallest absolute Gasteiger partial charge is 0.243 e. The Morgan fingerprint density at radius 1 is 1.10 bits per heavy atom. The van der Waals surface area contributed by atoms with Crippen LogP contribution in [0.15, 0.2) is 47.8 Å². The number of hydrogen-bond donors (Lipinski definition) is 1. The normalized spacial score (nSPS) is 10.6. The van der Waals surface area contributed by atoms with Crippen molar-refractivity contribution in [2.75, 3.05) is 25.5 Å². The van der Waals surface area contributed by atoms with Crippen LogP contribution in [-0.2, 0) is 16.0 Å². The topological polar surface area (TPSA) is 71.5 Å². The molecule has 3 aromatic rings. The summed E-state index contributed by atoms with van der Waals surface area (Å²) in [5.41, 5.74) is 4.37. The maximum absolute atomic E-state index is 12.6. The first-order valence-corrected chi connectivity index (χ1v) is 11.0. The first-order chi connectivity index (χ1) is 14.9. The van der Waals surface area contributed by atoms with Crippen molar-refractivity contribution in [2.45, 2.75) is 27.2 Å². The summed E-state index contributed by atoms with van der Waals surface area (Å²) in [4.78, 5) is 31.1. The summed E-state index contributed by atoms with van der Waals surface area (Å²) in [6.45, 7) is 6.39. The number of likely N-dealkylation sites (N-methyl/N-ethyl adjacent to an activating group) is 1. The van der Waals surface area contributed by atoms with E-state index in [0.29, 0.717) is 12.3 Å². The average molecular weight is 438 g/mol. The minimum atomic E-state index is -0.224. The molecule has 7 heteroatoms. The number of benzene rings is 2. The van der Waals surface area contributed by atoms with Crippen molar-refractivity contribution in [3.05, 3.63) is 64.7 Å². The van der Waals surface area contributed by atoms with Crippen molar-refractivity contribution < 1.29 is 14.3 Å². The molecule has 1 heterocycles. The minimum absolute atomic E-state index is 0.0171. The van der Waals surface area contributed by atoms with Crippen LogP contribution in [0.3, 0.4) is 0 Å². The Bertz CT molecular complexity index is 1060. The van der Waals surface area contributed by atoms with Crippen LogP contribution in [0, 0.1) is 13.8 Å². The molecule has 2 amide bonds. The highest BCUT2D eigenvalue weighted by molar-refractivity contribution is 7.13. The Hall–Kier alpha value is -3.19. The lowest BCUT2D eigenvalue weighted by atomic mass is 10.1. The second-order valence-corrected chi connectivity index (χ2v) is 8.17. The Morgan fingerprint density at radius 2 is 1.81 bits per heavy atom. The van der Waals surface area contributed by atoms with Gasteiger partial charge in [0.2, 0.25) is 11.8 Å². The van der Waals surface area contributed by atoms with Gasteiger partial charge in [-0.25, -0.2) is 4.98 Å². The second kappa shape index (κ2) is 10.2. The van der Waals surface area contributed by atoms with Gasteiger partial charge in [-0.05, 0) is 44.0 Å². The van der Waals surface area contributed by atoms with Gasteiger partial charge in [-0.2, -0.15) is 0 Å². The van der Waals surface area contributed by atoms with Gasteiger partial charge < -0.3 is 15.0 Å². The molecule has 0 bridgehead atoms. The third kappa shape index (κ3) is 5.70. The fourth-order valence-corrected chi connectivity index (χ4v) is 4.07. The van der Waals surface area contributed by atoms with Gasteiger partial charge in [-0.1, -0.05) is 30.3 Å². The van der Waals surface area contributed by atoms with E-state index < -0.39 is 0 Å². The molecule has 0 aliphatic carbocycles. The maximum atomic E-state index is 12.6. The molecule has 1 aromatic heterocycles. The van der Waals surface area contributed by atoms with Gasteiger partial charge in [-0.15, -0.1) is 11.3 Å². The number of amides is 2. The Morgan fingerprint density at radius 3 is 2.52 bits per heavy atom. The predicted molar refractivity (Wildman–Crippen MR) is 125 cm³/mol. The third-order valence-electron chi connectivity index (χ3n) is 4.85. The van der Waals surface area contributed by atoms with Crippen LogP contribution in [0.25, 0.3) is 10.6 Å². The summed E-state index contributed by atoms with van der Waals surface area (Å²) < 4.78 is 5.68. The lowest BCUT2D eigenvalue weighted by Crippen LogP contribution is -2.36. The largest absolute Gasteiger partial charge is 0.493 e. The Balaban J connectivity index is 1.61. The van der Waals surface area contributed by atoms with Crippen LogP contribution < -0.4 is 10.1 Å². The summed E-state index contributed by atoms with van der Waals surface area (Å²) in [5.74, 6) is 0.391. The van der Waals surface area contributed by atoms with Crippen LogP contribution in [0.4, 0.5) is 5.69 Å². The number of aromatic nitrogens is 1. The number of para-hydroxylation sites is 2. The quantitative estimate of drug-likeness (QED) is 0.565. The number of hydrogen-bond acceptors (Lipinski definition) is 5. The van der Waals surface area contributed by atoms with E-state index in [1.807, 2.05) is 68.6 Å². The molecule has 3 rings (SSSR count). The van der Waals surface area contributed by atoms with Gasteiger partial charge in [0.15, 0.2) is 0 Å². The average Bonchev–Trinajstić information content (AvgIpc) is 3.19. The summed E-state index contributed by atoms with van der Waals surface area (Å²) in [5, 5.41) is 5.59. The molecule has 162 valence electrons. The Labute approximate surface area is 186 Å². The minimum Gasteiger partial charge on any atom is -0.493 e. The number of ether oxygens (including phenoxy) is 1. The number of nitrogens with one attached hydrogen (secondary N) is 1. The van der Waals surface area contributed by atoms with Gasteiger partial charge in [0.05, 0.1) is 30.8 Å². The maximum Gasteiger partial charge on any atom is 0.243 e. The van der Waals surface area contributed by atoms with Crippen LogP contribution >= 0.6 is 11.3 Å². The van der Waals surface area contributed by atoms with Gasteiger partial charge in [0.1, 0.15) is 10.8 Å². The number of anilines is 1. The number of nitrogens with zero attached hydrogens (tertiary/aromatic N) is 2. The molecule has 0 spiro atoms. The van der Waals surface area contributed by atoms with Crippen molar-refractivity contribution in [2.24, 2.45) is 0 Å². The fourth-order valence-electron chi connectivity index (χ4n) is 3.22. The molecular weight excluding hydrogens is 410 g/mol. The first-order valence-electron chi connectivity index (χ1n) is 10.2. The van der Waals surface area contributed by atoms with E-state index in [4.69, 9.17) is 4.74 Å². The fraction of sp³-hybridized carbons (Fsp3) is 0.292. The SMILES string of the molecule is CCOc1ccccc1-c1nc(CC(=O)N(C)CC(=O)Nc2c(C)cccc2C)cs1. The van der Waals surface area contributed by atoms with E-state index in [1.54, 1.807) is 7.05 Å². The molecule has 0 fully saturated rings. The number of aryl methyl sites for hydroxylation is 2. The summed E-state index contributed by atoms with van der Waals surface area (Å²) in [6.07, 6.45) is 0.139. The van der Waals surface area contributed by atoms with Crippen molar-refractivity contribution in [3.8, 4) is 16.3 Å². The van der Waals surface area contributed by atoms with Crippen LogP contribution in [-0.4, -0.2) is 41.9 Å². The predicted octanol–water partition coefficient (Wildman–Crippen LogP) is 4.47. The van der Waals surface area contributed by atoms with Crippen LogP contribution in [0.2, 0.25) is 0 Å². The van der Waals surface area contributed by atoms with Crippen molar-refractivity contribution in [1.82, 2.24) is 9.88 Å². The van der Waals surface area contributed by atoms with Gasteiger partial charge in [0.25, 0.3) is 0 Å². The zero-order valence-electron chi connectivity index (χ0n) is 18.3. The molecule has 0 aliphatic heterocycles. The molecular formula is C24H27N3O3S. The standard InChI is InChI=1S/C24H27N3O3S/c1-5-30-20-12-7-6-11-19(20)24-25-18(15-31-24)13-22(29)27(4)14-21(28)26-23-16(2)9-8-10-17(23)3/h6-12,15H,5,13-14H2,1-4H3,(H,26,28). The van der Waals surface area contributed by atoms with Crippen molar-refractivity contribution in [3.63, 3.8) is 0 Å². The lowest BCUT2D eigenvalue weighted by Gasteiger charge is -2.17.